The monoisotopic (exact) mass is 314 g/mol. The molecule has 1 fully saturated rings. The number of nitrogens with zero attached hydrogens (tertiary/aromatic N) is 2. The highest BCUT2D eigenvalue weighted by molar-refractivity contribution is 7.89. The smallest absolute Gasteiger partial charge is 0.289 e. The highest BCUT2D eigenvalue weighted by atomic mass is 32.2. The largest absolute Gasteiger partial charge is 0.393 e. The number of hydrogen-bond acceptors (Lipinski definition) is 5. The summed E-state index contributed by atoms with van der Waals surface area (Å²) < 4.78 is 26.5. The Balaban J connectivity index is 2.49. The Morgan fingerprint density at radius 1 is 1.24 bits per heavy atom. The molecular weight excluding hydrogens is 296 g/mol. The van der Waals surface area contributed by atoms with E-state index in [0.29, 0.717) is 24.0 Å². The van der Waals surface area contributed by atoms with E-state index in [1.165, 1.54) is 16.4 Å². The number of rotatable bonds is 3. The standard InChI is InChI=1S/C13H18N2O5S/c1-9-7-12(15(17)18)13(8-10(9)2)21(19,20)14-5-3-11(16)4-6-14/h7-8,11,16H,3-6H2,1-2H3. The maximum Gasteiger partial charge on any atom is 0.289 e. The van der Waals surface area contributed by atoms with Gasteiger partial charge in [0.1, 0.15) is 0 Å². The highest BCUT2D eigenvalue weighted by Gasteiger charge is 2.34. The second-order valence-electron chi connectivity index (χ2n) is 5.30. The van der Waals surface area contributed by atoms with Crippen LogP contribution in [0.4, 0.5) is 5.69 Å². The van der Waals surface area contributed by atoms with Crippen LogP contribution in [0.25, 0.3) is 0 Å². The van der Waals surface area contributed by atoms with Gasteiger partial charge in [-0.15, -0.1) is 0 Å². The zero-order chi connectivity index (χ0) is 15.8. The van der Waals surface area contributed by atoms with E-state index in [4.69, 9.17) is 0 Å². The number of sulfonamides is 1. The van der Waals surface area contributed by atoms with Crippen LogP contribution >= 0.6 is 0 Å². The molecule has 1 N–H and O–H groups in total. The highest BCUT2D eigenvalue weighted by Crippen LogP contribution is 2.31. The van der Waals surface area contributed by atoms with Crippen LogP contribution in [0, 0.1) is 24.0 Å². The van der Waals surface area contributed by atoms with Crippen molar-refractivity contribution < 1.29 is 18.4 Å². The van der Waals surface area contributed by atoms with Gasteiger partial charge < -0.3 is 5.11 Å². The zero-order valence-corrected chi connectivity index (χ0v) is 12.8. The number of hydrogen-bond donors (Lipinski definition) is 1. The summed E-state index contributed by atoms with van der Waals surface area (Å²) in [6.07, 6.45) is 0.182. The fourth-order valence-electron chi connectivity index (χ4n) is 2.35. The molecular formula is C13H18N2O5S. The average Bonchev–Trinajstić information content (AvgIpc) is 2.41. The number of nitro benzene ring substituents is 1. The van der Waals surface area contributed by atoms with E-state index in [0.717, 1.165) is 0 Å². The van der Waals surface area contributed by atoms with Crippen LogP contribution in [-0.4, -0.2) is 41.9 Å². The Labute approximate surface area is 123 Å². The van der Waals surface area contributed by atoms with Gasteiger partial charge in [-0.3, -0.25) is 10.1 Å². The molecule has 0 bridgehead atoms. The van der Waals surface area contributed by atoms with E-state index in [9.17, 15) is 23.6 Å². The van der Waals surface area contributed by atoms with Crippen molar-refractivity contribution >= 4 is 15.7 Å². The third kappa shape index (κ3) is 3.07. The van der Waals surface area contributed by atoms with E-state index in [2.05, 4.69) is 0 Å². The van der Waals surface area contributed by atoms with E-state index in [1.54, 1.807) is 13.8 Å². The third-order valence-corrected chi connectivity index (χ3v) is 5.74. The summed E-state index contributed by atoms with van der Waals surface area (Å²) in [4.78, 5) is 10.2. The third-order valence-electron chi connectivity index (χ3n) is 3.81. The van der Waals surface area contributed by atoms with Crippen molar-refractivity contribution in [3.05, 3.63) is 33.4 Å². The van der Waals surface area contributed by atoms with Gasteiger partial charge in [-0.25, -0.2) is 8.42 Å². The number of aliphatic hydroxyl groups excluding tert-OH is 1. The van der Waals surface area contributed by atoms with E-state index in [-0.39, 0.29) is 18.0 Å². The molecule has 8 heteroatoms. The second kappa shape index (κ2) is 5.70. The predicted molar refractivity (Wildman–Crippen MR) is 76.6 cm³/mol. The summed E-state index contributed by atoms with van der Waals surface area (Å²) in [5.41, 5.74) is 0.968. The maximum atomic E-state index is 12.6. The summed E-state index contributed by atoms with van der Waals surface area (Å²) in [5, 5.41) is 20.6. The lowest BCUT2D eigenvalue weighted by atomic mass is 10.1. The van der Waals surface area contributed by atoms with Gasteiger partial charge in [0.15, 0.2) is 4.90 Å². The lowest BCUT2D eigenvalue weighted by Crippen LogP contribution is -2.40. The Hall–Kier alpha value is -1.51. The molecule has 0 spiro atoms. The molecule has 0 atom stereocenters. The van der Waals surface area contributed by atoms with Crippen LogP contribution in [0.3, 0.4) is 0 Å². The summed E-state index contributed by atoms with van der Waals surface area (Å²) in [7, 11) is -3.92. The molecule has 0 aliphatic carbocycles. The number of nitro groups is 1. The summed E-state index contributed by atoms with van der Waals surface area (Å²) in [5.74, 6) is 0. The van der Waals surface area contributed by atoms with Crippen LogP contribution in [0.5, 0.6) is 0 Å². The van der Waals surface area contributed by atoms with Gasteiger partial charge in [0.05, 0.1) is 11.0 Å². The van der Waals surface area contributed by atoms with Gasteiger partial charge in [-0.05, 0) is 43.9 Å². The molecule has 2 rings (SSSR count). The molecule has 21 heavy (non-hydrogen) atoms. The van der Waals surface area contributed by atoms with Gasteiger partial charge in [0, 0.05) is 19.2 Å². The molecule has 1 aromatic rings. The van der Waals surface area contributed by atoms with Crippen molar-refractivity contribution in [3.63, 3.8) is 0 Å². The van der Waals surface area contributed by atoms with Crippen LogP contribution in [-0.2, 0) is 10.0 Å². The second-order valence-corrected chi connectivity index (χ2v) is 7.20. The molecule has 0 radical (unpaired) electrons. The normalized spacial score (nSPS) is 17.9. The van der Waals surface area contributed by atoms with E-state index >= 15 is 0 Å². The van der Waals surface area contributed by atoms with Crippen molar-refractivity contribution in [2.75, 3.05) is 13.1 Å². The van der Waals surface area contributed by atoms with E-state index < -0.39 is 26.7 Å². The van der Waals surface area contributed by atoms with Crippen molar-refractivity contribution in [2.45, 2.75) is 37.7 Å². The minimum Gasteiger partial charge on any atom is -0.393 e. The minimum atomic E-state index is -3.92. The van der Waals surface area contributed by atoms with Crippen molar-refractivity contribution in [3.8, 4) is 0 Å². The summed E-state index contributed by atoms with van der Waals surface area (Å²) in [6, 6.07) is 2.65. The topological polar surface area (TPSA) is 101 Å². The van der Waals surface area contributed by atoms with Gasteiger partial charge in [-0.1, -0.05) is 0 Å². The number of benzene rings is 1. The molecule has 1 aliphatic heterocycles. The SMILES string of the molecule is Cc1cc([N+](=O)[O-])c(S(=O)(=O)N2CCC(O)CC2)cc1C. The van der Waals surface area contributed by atoms with Crippen molar-refractivity contribution in [1.29, 1.82) is 0 Å². The van der Waals surface area contributed by atoms with Crippen molar-refractivity contribution in [2.24, 2.45) is 0 Å². The molecule has 1 heterocycles. The van der Waals surface area contributed by atoms with Gasteiger partial charge >= 0.3 is 0 Å². The Morgan fingerprint density at radius 3 is 2.29 bits per heavy atom. The lowest BCUT2D eigenvalue weighted by Gasteiger charge is -2.28. The van der Waals surface area contributed by atoms with Crippen LogP contribution in [0.15, 0.2) is 17.0 Å². The fourth-order valence-corrected chi connectivity index (χ4v) is 4.04. The molecule has 1 aliphatic rings. The molecule has 0 amide bonds. The molecule has 0 aromatic heterocycles. The van der Waals surface area contributed by atoms with Gasteiger partial charge in [-0.2, -0.15) is 4.31 Å². The maximum absolute atomic E-state index is 12.6. The lowest BCUT2D eigenvalue weighted by molar-refractivity contribution is -0.387. The summed E-state index contributed by atoms with van der Waals surface area (Å²) >= 11 is 0. The molecule has 116 valence electrons. The number of aryl methyl sites for hydroxylation is 2. The Kier molecular flexibility index (Phi) is 4.31. The molecule has 1 aromatic carbocycles. The first-order valence-corrected chi connectivity index (χ1v) is 8.11. The molecule has 0 unspecified atom stereocenters. The average molecular weight is 314 g/mol. The van der Waals surface area contributed by atoms with Crippen molar-refractivity contribution in [1.82, 2.24) is 4.31 Å². The Morgan fingerprint density at radius 2 is 1.76 bits per heavy atom. The van der Waals surface area contributed by atoms with E-state index in [1.807, 2.05) is 0 Å². The molecule has 7 nitrogen and oxygen atoms in total. The van der Waals surface area contributed by atoms with Gasteiger partial charge in [0.2, 0.25) is 10.0 Å². The first kappa shape index (κ1) is 15.9. The fraction of sp³-hybridized carbons (Fsp3) is 0.538. The number of aliphatic hydroxyl groups is 1. The predicted octanol–water partition coefficient (Wildman–Crippen LogP) is 1.36. The minimum absolute atomic E-state index is 0.174. The van der Waals surface area contributed by atoms with Crippen LogP contribution < -0.4 is 0 Å². The van der Waals surface area contributed by atoms with Crippen LogP contribution in [0.1, 0.15) is 24.0 Å². The number of piperidine rings is 1. The van der Waals surface area contributed by atoms with Crippen LogP contribution in [0.2, 0.25) is 0 Å². The quantitative estimate of drug-likeness (QED) is 0.670. The first-order valence-electron chi connectivity index (χ1n) is 6.67. The Bertz CT molecular complexity index is 663. The first-order chi connectivity index (χ1) is 9.73. The molecule has 1 saturated heterocycles. The summed E-state index contributed by atoms with van der Waals surface area (Å²) in [6.45, 7) is 3.77. The van der Waals surface area contributed by atoms with Gasteiger partial charge in [0.25, 0.3) is 5.69 Å². The zero-order valence-electron chi connectivity index (χ0n) is 11.9. The molecule has 0 saturated carbocycles.